The molecule has 120 valence electrons. The number of halogens is 1. The zero-order valence-electron chi connectivity index (χ0n) is 13.7. The normalized spacial score (nSPS) is 14.6. The Hall–Kier alpha value is -0.250. The van der Waals surface area contributed by atoms with Gasteiger partial charge in [0.1, 0.15) is 5.25 Å². The van der Waals surface area contributed by atoms with Gasteiger partial charge in [-0.15, -0.1) is 11.8 Å². The first-order valence-corrected chi connectivity index (χ1v) is 8.81. The van der Waals surface area contributed by atoms with Crippen LogP contribution < -0.4 is 0 Å². The van der Waals surface area contributed by atoms with Gasteiger partial charge in [0.15, 0.2) is 0 Å². The minimum Gasteiger partial charge on any atom is -0.465 e. The predicted molar refractivity (Wildman–Crippen MR) is 85.9 cm³/mol. The average Bonchev–Trinajstić information content (AvgIpc) is 2.34. The van der Waals surface area contributed by atoms with Crippen LogP contribution >= 0.6 is 11.8 Å². The molecule has 0 aromatic heterocycles. The molecule has 20 heavy (non-hydrogen) atoms. The Balaban J connectivity index is 3.88. The van der Waals surface area contributed by atoms with Crippen molar-refractivity contribution >= 4 is 17.7 Å². The molecule has 2 unspecified atom stereocenters. The van der Waals surface area contributed by atoms with E-state index in [1.54, 1.807) is 18.7 Å². The van der Waals surface area contributed by atoms with Gasteiger partial charge in [0.05, 0.1) is 12.8 Å². The average molecular weight is 306 g/mol. The molecular formula is C16H31FO2S. The Morgan fingerprint density at radius 1 is 1.10 bits per heavy atom. The van der Waals surface area contributed by atoms with Crippen LogP contribution in [-0.2, 0) is 9.53 Å². The van der Waals surface area contributed by atoms with Crippen LogP contribution in [0.3, 0.4) is 0 Å². The maximum Gasteiger partial charge on any atom is 0.319 e. The van der Waals surface area contributed by atoms with Crippen LogP contribution in [0.25, 0.3) is 0 Å². The molecule has 0 radical (unpaired) electrons. The van der Waals surface area contributed by atoms with Crippen molar-refractivity contribution in [1.82, 2.24) is 0 Å². The van der Waals surface area contributed by atoms with Gasteiger partial charge < -0.3 is 4.74 Å². The van der Waals surface area contributed by atoms with E-state index in [0.29, 0.717) is 18.9 Å². The summed E-state index contributed by atoms with van der Waals surface area (Å²) in [4.78, 5) is 12.0. The van der Waals surface area contributed by atoms with Gasteiger partial charge in [-0.2, -0.15) is 0 Å². The van der Waals surface area contributed by atoms with E-state index in [0.717, 1.165) is 25.0 Å². The maximum absolute atomic E-state index is 12.6. The second-order valence-corrected chi connectivity index (χ2v) is 7.44. The summed E-state index contributed by atoms with van der Waals surface area (Å²) >= 11 is 1.68. The summed E-state index contributed by atoms with van der Waals surface area (Å²) in [5.74, 6) is 1.52. The van der Waals surface area contributed by atoms with Crippen molar-refractivity contribution in [2.45, 2.75) is 71.7 Å². The zero-order valence-corrected chi connectivity index (χ0v) is 14.5. The molecular weight excluding hydrogens is 275 g/mol. The summed E-state index contributed by atoms with van der Waals surface area (Å²) in [7, 11) is 0. The topological polar surface area (TPSA) is 26.3 Å². The van der Waals surface area contributed by atoms with E-state index in [9.17, 15) is 9.18 Å². The Morgan fingerprint density at radius 3 is 2.25 bits per heavy atom. The van der Waals surface area contributed by atoms with Crippen molar-refractivity contribution in [3.8, 4) is 0 Å². The number of alkyl halides is 1. The number of carbonyl (C=O) groups is 1. The first-order valence-electron chi connectivity index (χ1n) is 7.76. The molecule has 0 N–H and O–H groups in total. The Labute approximate surface area is 128 Å². The second-order valence-electron chi connectivity index (χ2n) is 6.19. The number of unbranched alkanes of at least 4 members (excludes halogenated alkanes) is 2. The molecule has 0 heterocycles. The van der Waals surface area contributed by atoms with Crippen molar-refractivity contribution in [2.24, 2.45) is 11.8 Å². The molecule has 0 aliphatic rings. The lowest BCUT2D eigenvalue weighted by Crippen LogP contribution is -2.27. The monoisotopic (exact) mass is 306 g/mol. The van der Waals surface area contributed by atoms with Crippen molar-refractivity contribution in [3.63, 3.8) is 0 Å². The Bertz CT molecular complexity index is 255. The first-order chi connectivity index (χ1) is 9.34. The molecule has 0 bridgehead atoms. The lowest BCUT2D eigenvalue weighted by Gasteiger charge is -2.19. The summed E-state index contributed by atoms with van der Waals surface area (Å²) in [6.45, 7) is 10.3. The van der Waals surface area contributed by atoms with Crippen LogP contribution in [0.15, 0.2) is 0 Å². The van der Waals surface area contributed by atoms with Gasteiger partial charge in [-0.25, -0.2) is 4.39 Å². The lowest BCUT2D eigenvalue weighted by atomic mass is 10.1. The number of carbonyl (C=O) groups excluding carboxylic acids is 1. The summed E-state index contributed by atoms with van der Waals surface area (Å²) < 4.78 is 18.0. The summed E-state index contributed by atoms with van der Waals surface area (Å²) in [6, 6.07) is 0. The number of hydrogen-bond donors (Lipinski definition) is 0. The molecule has 0 saturated carbocycles. The smallest absolute Gasteiger partial charge is 0.319 e. The minimum absolute atomic E-state index is 0.0751. The highest BCUT2D eigenvalue weighted by atomic mass is 32.2. The quantitative estimate of drug-likeness (QED) is 0.403. The van der Waals surface area contributed by atoms with Crippen molar-refractivity contribution < 1.29 is 13.9 Å². The highest BCUT2D eigenvalue weighted by molar-refractivity contribution is 8.00. The van der Waals surface area contributed by atoms with Crippen LogP contribution in [0.5, 0.6) is 0 Å². The van der Waals surface area contributed by atoms with Crippen LogP contribution in [0.2, 0.25) is 0 Å². The molecule has 0 aromatic carbocycles. The fourth-order valence-electron chi connectivity index (χ4n) is 1.78. The largest absolute Gasteiger partial charge is 0.465 e. The third kappa shape index (κ3) is 10.5. The standard InChI is InChI=1S/C16H31FO2S/c1-12(2)11-19-16(18)15(13(3)4)20-10-8-6-7-9-14(5)17/h12-15H,6-11H2,1-5H3. The van der Waals surface area contributed by atoms with Gasteiger partial charge in [0.25, 0.3) is 0 Å². The Kier molecular flexibility index (Phi) is 11.3. The van der Waals surface area contributed by atoms with E-state index in [2.05, 4.69) is 13.8 Å². The van der Waals surface area contributed by atoms with Crippen molar-refractivity contribution in [3.05, 3.63) is 0 Å². The maximum atomic E-state index is 12.6. The zero-order chi connectivity index (χ0) is 15.5. The lowest BCUT2D eigenvalue weighted by molar-refractivity contribution is -0.144. The van der Waals surface area contributed by atoms with Crippen molar-refractivity contribution in [2.75, 3.05) is 12.4 Å². The molecule has 0 aliphatic carbocycles. The molecule has 2 nitrogen and oxygen atoms in total. The van der Waals surface area contributed by atoms with Gasteiger partial charge in [-0.1, -0.05) is 40.5 Å². The summed E-state index contributed by atoms with van der Waals surface area (Å²) in [5.41, 5.74) is 0. The Morgan fingerprint density at radius 2 is 1.75 bits per heavy atom. The molecule has 0 fully saturated rings. The van der Waals surface area contributed by atoms with Gasteiger partial charge in [0, 0.05) is 0 Å². The van der Waals surface area contributed by atoms with Gasteiger partial charge >= 0.3 is 5.97 Å². The highest BCUT2D eigenvalue weighted by Gasteiger charge is 2.24. The van der Waals surface area contributed by atoms with E-state index in [1.807, 2.05) is 13.8 Å². The minimum atomic E-state index is -0.697. The molecule has 4 heteroatoms. The van der Waals surface area contributed by atoms with E-state index in [4.69, 9.17) is 4.74 Å². The van der Waals surface area contributed by atoms with E-state index >= 15 is 0 Å². The molecule has 0 aliphatic heterocycles. The molecule has 0 aromatic rings. The summed E-state index contributed by atoms with van der Waals surface area (Å²) in [6.07, 6.45) is 2.96. The van der Waals surface area contributed by atoms with E-state index < -0.39 is 6.17 Å². The molecule has 0 rings (SSSR count). The number of rotatable bonds is 11. The third-order valence-corrected chi connectivity index (χ3v) is 4.56. The third-order valence-electron chi connectivity index (χ3n) is 2.94. The molecule has 0 spiro atoms. The summed E-state index contributed by atoms with van der Waals surface area (Å²) in [5, 5.41) is -0.0751. The number of ether oxygens (including phenoxy) is 1. The number of thioether (sulfide) groups is 1. The first kappa shape index (κ1) is 19.8. The van der Waals surface area contributed by atoms with Gasteiger partial charge in [0.2, 0.25) is 0 Å². The fraction of sp³-hybridized carbons (Fsp3) is 0.938. The predicted octanol–water partition coefficient (Wildman–Crippen LogP) is 4.86. The number of hydrogen-bond acceptors (Lipinski definition) is 3. The fourth-order valence-corrected chi connectivity index (χ4v) is 2.99. The van der Waals surface area contributed by atoms with Crippen LogP contribution in [0, 0.1) is 11.8 Å². The van der Waals surface area contributed by atoms with Crippen LogP contribution in [0.4, 0.5) is 4.39 Å². The SMILES string of the molecule is CC(C)COC(=O)C(SCCCCCC(C)F)C(C)C. The highest BCUT2D eigenvalue weighted by Crippen LogP contribution is 2.23. The van der Waals surface area contributed by atoms with Crippen molar-refractivity contribution in [1.29, 1.82) is 0 Å². The molecule has 0 amide bonds. The molecule has 0 saturated heterocycles. The number of esters is 1. The van der Waals surface area contributed by atoms with Gasteiger partial charge in [-0.05, 0) is 37.4 Å². The van der Waals surface area contributed by atoms with E-state index in [-0.39, 0.29) is 17.1 Å². The molecule has 2 atom stereocenters. The van der Waals surface area contributed by atoms with Crippen LogP contribution in [-0.4, -0.2) is 29.8 Å². The second kappa shape index (κ2) is 11.4. The van der Waals surface area contributed by atoms with Crippen LogP contribution in [0.1, 0.15) is 60.3 Å². The van der Waals surface area contributed by atoms with Gasteiger partial charge in [-0.3, -0.25) is 4.79 Å². The van der Waals surface area contributed by atoms with E-state index in [1.165, 1.54) is 0 Å².